The van der Waals surface area contributed by atoms with Crippen molar-refractivity contribution in [1.82, 2.24) is 61.1 Å². The van der Waals surface area contributed by atoms with Gasteiger partial charge in [-0.25, -0.2) is 34.9 Å². The Bertz CT molecular complexity index is 4090. The quantitative estimate of drug-likeness (QED) is 0.0562. The number of nitrogens with one attached hydrogen (secondary N) is 4. The smallest absolute Gasteiger partial charge is 0.303 e. The molecule has 1 fully saturated rings. The number of amides is 6. The van der Waals surface area contributed by atoms with Gasteiger partial charge in [-0.3, -0.25) is 33.6 Å². The van der Waals surface area contributed by atoms with Crippen molar-refractivity contribution in [2.24, 2.45) is 11.7 Å². The van der Waals surface area contributed by atoms with E-state index in [0.29, 0.717) is 64.4 Å². The zero-order valence-corrected chi connectivity index (χ0v) is 50.7. The second-order valence-corrected chi connectivity index (χ2v) is 25.9. The first-order chi connectivity index (χ1) is 41.8. The van der Waals surface area contributed by atoms with Crippen molar-refractivity contribution in [2.45, 2.75) is 75.9 Å². The van der Waals surface area contributed by atoms with E-state index in [1.807, 2.05) is 0 Å². The Morgan fingerprint density at radius 3 is 2.11 bits per heavy atom. The number of carbonyl (C=O) groups excluding carboxylic acids is 6. The average molecular weight is 1290 g/mol. The molecule has 7 atom stereocenters. The van der Waals surface area contributed by atoms with Crippen molar-refractivity contribution in [3.8, 4) is 49.1 Å². The summed E-state index contributed by atoms with van der Waals surface area (Å²) in [5.74, 6) is -5.55. The second kappa shape index (κ2) is 25.8. The molecule has 1 saturated heterocycles. The highest BCUT2D eigenvalue weighted by molar-refractivity contribution is 7.15. The van der Waals surface area contributed by atoms with Gasteiger partial charge in [0.05, 0.1) is 30.3 Å². The molecule has 30 heteroatoms. The highest BCUT2D eigenvalue weighted by Crippen LogP contribution is 2.43. The maximum atomic E-state index is 15.2. The Kier molecular flexibility index (Phi) is 17.8. The summed E-state index contributed by atoms with van der Waals surface area (Å²) < 4.78 is 0. The van der Waals surface area contributed by atoms with Crippen LogP contribution in [-0.4, -0.2) is 127 Å². The van der Waals surface area contributed by atoms with Crippen LogP contribution in [0.5, 0.6) is 5.75 Å². The summed E-state index contributed by atoms with van der Waals surface area (Å²) in [6.07, 6.45) is -2.75. The summed E-state index contributed by atoms with van der Waals surface area (Å²) in [5.41, 5.74) is 8.54. The number of phenolic OH excluding ortho intramolecular Hbond substituents is 1. The van der Waals surface area contributed by atoms with Crippen LogP contribution in [0.3, 0.4) is 0 Å². The molecule has 10 N–H and O–H groups in total. The summed E-state index contributed by atoms with van der Waals surface area (Å²) in [4.78, 5) is 131. The number of rotatable bonds is 12. The van der Waals surface area contributed by atoms with Crippen molar-refractivity contribution >= 4 is 109 Å². The van der Waals surface area contributed by atoms with Crippen molar-refractivity contribution in [2.75, 3.05) is 13.1 Å². The van der Waals surface area contributed by atoms with Crippen LogP contribution in [0.15, 0.2) is 93.6 Å². The first kappa shape index (κ1) is 60.1. The van der Waals surface area contributed by atoms with Gasteiger partial charge in [0.1, 0.15) is 93.8 Å². The number of fused-ring (bicyclic) bond motifs is 16. The topological polar surface area (TPSA) is 368 Å². The molecular weight excluding hydrogens is 1240 g/mol. The predicted molar refractivity (Wildman–Crippen MR) is 325 cm³/mol. The van der Waals surface area contributed by atoms with Gasteiger partial charge in [0, 0.05) is 69.2 Å². The number of aliphatic hydroxyl groups excluding tert-OH is 2. The largest absolute Gasteiger partial charge is 0.508 e. The molecule has 0 aliphatic carbocycles. The SMILES string of the molecule is Cc1sc2nc1C(=O)N[C@@H]([C@H](O)c1ccccc1)c1nc(cs1)C(=O)N[C@@H](Cc1ccc(O)cc1)C(=O)N1C[C@H](O)[C@H](C)[C@@H]1c1nc(cs1)-c1nc(cs1)-c1nc(-c3nc(C(=O)NCCCC(=O)O)cs3)ccc1-c1nc(cs1)C(=O)N[C@H]2CC(N)=O. The van der Waals surface area contributed by atoms with Crippen LogP contribution < -0.4 is 27.0 Å². The number of carboxylic acid groups (broad SMARTS) is 1. The predicted octanol–water partition coefficient (Wildman–Crippen LogP) is 6.88. The maximum absolute atomic E-state index is 15.2. The number of aryl methyl sites for hydroxylation is 1. The van der Waals surface area contributed by atoms with Crippen LogP contribution in [0.1, 0.15) is 123 Å². The van der Waals surface area contributed by atoms with Gasteiger partial charge in [0.25, 0.3) is 23.6 Å². The van der Waals surface area contributed by atoms with Crippen molar-refractivity contribution in [3.05, 3.63) is 147 Å². The summed E-state index contributed by atoms with van der Waals surface area (Å²) in [6, 6.07) is 13.6. The zero-order valence-electron chi connectivity index (χ0n) is 45.8. The lowest BCUT2D eigenvalue weighted by Crippen LogP contribution is -2.50. The zero-order chi connectivity index (χ0) is 61.2. The third kappa shape index (κ3) is 13.2. The lowest BCUT2D eigenvalue weighted by molar-refractivity contribution is -0.137. The molecule has 2 aliphatic rings. The number of hydrogen-bond donors (Lipinski definition) is 9. The van der Waals surface area contributed by atoms with Gasteiger partial charge in [-0.05, 0) is 48.7 Å². The molecular formula is C57H51N13O11S6. The molecule has 87 heavy (non-hydrogen) atoms. The molecule has 6 amide bonds. The summed E-state index contributed by atoms with van der Waals surface area (Å²) in [7, 11) is 0. The molecule has 24 nitrogen and oxygen atoms in total. The van der Waals surface area contributed by atoms with E-state index in [9.17, 15) is 44.1 Å². The Balaban J connectivity index is 0.998. The minimum atomic E-state index is -1.42. The van der Waals surface area contributed by atoms with Gasteiger partial charge in [-0.2, -0.15) is 0 Å². The average Bonchev–Trinajstić information content (AvgIpc) is 2.44. The molecule has 7 aromatic heterocycles. The lowest BCUT2D eigenvalue weighted by atomic mass is 10.00. The number of hydrogen-bond acceptors (Lipinski definition) is 23. The number of aromatic nitrogens is 7. The third-order valence-electron chi connectivity index (χ3n) is 14.3. The minimum absolute atomic E-state index is 0.0101. The maximum Gasteiger partial charge on any atom is 0.303 e. The van der Waals surface area contributed by atoms with Crippen LogP contribution in [0.25, 0.3) is 43.4 Å². The van der Waals surface area contributed by atoms with Crippen molar-refractivity contribution in [3.63, 3.8) is 0 Å². The van der Waals surface area contributed by atoms with E-state index >= 15 is 4.79 Å². The number of aliphatic hydroxyl groups is 2. The molecule has 0 spiro atoms. The summed E-state index contributed by atoms with van der Waals surface area (Å²) >= 11 is 6.81. The van der Waals surface area contributed by atoms with Crippen LogP contribution >= 0.6 is 68.0 Å². The monoisotopic (exact) mass is 1290 g/mol. The molecule has 11 rings (SSSR count). The number of carbonyl (C=O) groups is 7. The van der Waals surface area contributed by atoms with Crippen LogP contribution in [-0.2, 0) is 20.8 Å². The third-order valence-corrected chi connectivity index (χ3v) is 19.8. The first-order valence-corrected chi connectivity index (χ1v) is 32.0. The van der Waals surface area contributed by atoms with Gasteiger partial charge < -0.3 is 52.3 Å². The molecule has 9 aromatic rings. The fourth-order valence-corrected chi connectivity index (χ4v) is 15.1. The number of phenols is 1. The molecule has 2 aromatic carbocycles. The van der Waals surface area contributed by atoms with Crippen LogP contribution in [0.4, 0.5) is 0 Å². The Morgan fingerprint density at radius 2 is 1.36 bits per heavy atom. The fourth-order valence-electron chi connectivity index (χ4n) is 9.83. The standard InChI is InChI=1S/C57H51N13O11S6/c1-25-39(72)19-70-45(25)56-67-38(24-86-56)53-63-34(20-83-53)43-30(14-15-31(60-43)52-65-35(21-84-52)47(77)59-16-6-9-41(74)75)51-64-36(22-82-51)48(78)61-32(18-40(58)73)54-69-42(26(2)87-54)50(80)68-44(46(76)28-7-4-3-5-8-28)55-66-37(23-85-55)49(79)62-33(57(70)81)17-27-10-12-29(71)13-11-27/h3-5,7-8,10-15,20-25,32-33,39,44-46,71-72,76H,6,9,16-19H2,1-2H3,(H2,58,73)(H,59,77)(H,61,78)(H,62,79)(H,68,80)(H,74,75)/t25-,32-,33-,39-,44-,45+,46+/m0/s1. The molecule has 0 radical (unpaired) electrons. The van der Waals surface area contributed by atoms with E-state index in [2.05, 4.69) is 36.2 Å². The van der Waals surface area contributed by atoms with Crippen molar-refractivity contribution in [1.29, 1.82) is 0 Å². The highest BCUT2D eigenvalue weighted by Gasteiger charge is 2.45. The number of aliphatic carboxylic acids is 1. The number of aromatic hydroxyl groups is 1. The van der Waals surface area contributed by atoms with E-state index in [-0.39, 0.29) is 70.9 Å². The first-order valence-electron chi connectivity index (χ1n) is 26.8. The number of nitrogens with two attached hydrogens (primary N) is 1. The molecule has 10 bridgehead atoms. The number of pyridine rings is 1. The van der Waals surface area contributed by atoms with Gasteiger partial charge in [-0.1, -0.05) is 49.4 Å². The molecule has 0 unspecified atom stereocenters. The Morgan fingerprint density at radius 1 is 0.701 bits per heavy atom. The van der Waals surface area contributed by atoms with Gasteiger partial charge in [0.2, 0.25) is 11.8 Å². The number of benzene rings is 2. The normalized spacial score (nSPS) is 19.3. The minimum Gasteiger partial charge on any atom is -0.508 e. The van der Waals surface area contributed by atoms with Gasteiger partial charge in [0.15, 0.2) is 0 Å². The molecule has 446 valence electrons. The van der Waals surface area contributed by atoms with E-state index < -0.39 is 90.1 Å². The molecule has 2 aliphatic heterocycles. The Hall–Kier alpha value is -8.62. The molecule has 9 heterocycles. The summed E-state index contributed by atoms with van der Waals surface area (Å²) in [5, 5.41) is 63.9. The van der Waals surface area contributed by atoms with E-state index in [1.54, 1.807) is 84.6 Å². The number of nitrogens with zero attached hydrogens (tertiary/aromatic N) is 8. The molecule has 0 saturated carbocycles. The van der Waals surface area contributed by atoms with Gasteiger partial charge >= 0.3 is 5.97 Å². The highest BCUT2D eigenvalue weighted by atomic mass is 32.1. The van der Waals surface area contributed by atoms with E-state index in [1.165, 1.54) is 50.5 Å². The Labute approximate surface area is 518 Å². The number of carboxylic acids is 1. The lowest BCUT2D eigenvalue weighted by Gasteiger charge is -2.29. The summed E-state index contributed by atoms with van der Waals surface area (Å²) in [6.45, 7) is 3.46. The second-order valence-electron chi connectivity index (χ2n) is 20.3. The van der Waals surface area contributed by atoms with E-state index in [4.69, 9.17) is 30.8 Å². The fraction of sp³-hybridized carbons (Fsp3) is 0.263. The van der Waals surface area contributed by atoms with Crippen LogP contribution in [0.2, 0.25) is 0 Å². The number of thiazole rings is 6. The van der Waals surface area contributed by atoms with Crippen LogP contribution in [0, 0.1) is 12.8 Å². The number of primary amides is 1. The van der Waals surface area contributed by atoms with Crippen molar-refractivity contribution < 1.29 is 54.0 Å². The van der Waals surface area contributed by atoms with Gasteiger partial charge in [-0.15, -0.1) is 68.0 Å². The van der Waals surface area contributed by atoms with E-state index in [0.717, 1.165) is 45.3 Å².